The third-order valence-electron chi connectivity index (χ3n) is 25.0. The van der Waals surface area contributed by atoms with Gasteiger partial charge in [0.1, 0.15) is 0 Å². The van der Waals surface area contributed by atoms with Crippen molar-refractivity contribution in [3.63, 3.8) is 0 Å². The average Bonchev–Trinajstić information content (AvgIpc) is 0.845. The molecule has 0 heterocycles. The molecule has 0 aromatic heterocycles. The summed E-state index contributed by atoms with van der Waals surface area (Å²) in [6.07, 6.45) is 59.1. The van der Waals surface area contributed by atoms with Crippen LogP contribution in [0, 0.1) is 137 Å². The van der Waals surface area contributed by atoms with E-state index in [0.717, 1.165) is 17.8 Å². The Morgan fingerprint density at radius 3 is 0.835 bits per heavy atom. The molecule has 0 aliphatic carbocycles. The maximum absolute atomic E-state index is 2.42. The van der Waals surface area contributed by atoms with Crippen LogP contribution in [0.4, 0.5) is 0 Å². The van der Waals surface area contributed by atoms with Crippen LogP contribution >= 0.6 is 0 Å². The van der Waals surface area contributed by atoms with Crippen molar-refractivity contribution in [2.24, 2.45) is 137 Å². The molecule has 0 rings (SSSR count). The zero-order valence-corrected chi connectivity index (χ0v) is 103. The molecule has 2 atom stereocenters. The van der Waals surface area contributed by atoms with Crippen molar-refractivity contribution in [2.45, 2.75) is 623 Å². The SMILES string of the molecule is CC(C)(C)/C=C/C(C)(C)CCC(C)(C)C.CC(C)(C)/C=C/CC(C)(C)CC(C)(C)C.CC(C)(C)/C=C/CCC(C)(C)C(C)(C)C.CC(C)(C)CCC(C)(C)CCC(C)(C)C.CC(C)(C)CCCC(C)(C)CC(C)(C)C.CC(C)(C)CCCCC(C)(C)C(C)(C)C.CC(CC/C=C/C(C)(C)C)C(C)(C)C.CC(CC/C=C/C(C)(C)C)CC(C)(C)C.CCCCCC(C)C. The maximum atomic E-state index is 2.42. The van der Waals surface area contributed by atoms with Crippen molar-refractivity contribution < 1.29 is 0 Å². The fourth-order valence-electron chi connectivity index (χ4n) is 14.5. The third-order valence-corrected chi connectivity index (χ3v) is 25.0. The maximum Gasteiger partial charge on any atom is -0.0174 e. The van der Waals surface area contributed by atoms with Gasteiger partial charge in [-0.25, -0.2) is 0 Å². The fraction of sp³-hybridized carbons (Fsp3) is 0.921. The van der Waals surface area contributed by atoms with Crippen LogP contribution in [0.3, 0.4) is 0 Å². The predicted octanol–water partition coefficient (Wildman–Crippen LogP) is 47.0. The summed E-state index contributed by atoms with van der Waals surface area (Å²) in [6.45, 7) is 151. The molecule has 770 valence electrons. The summed E-state index contributed by atoms with van der Waals surface area (Å²) in [4.78, 5) is 0. The van der Waals surface area contributed by atoms with Gasteiger partial charge in [0.25, 0.3) is 0 Å². The summed E-state index contributed by atoms with van der Waals surface area (Å²) in [5.41, 5.74) is 9.34. The second kappa shape index (κ2) is 61.1. The summed E-state index contributed by atoms with van der Waals surface area (Å²) in [7, 11) is 0. The van der Waals surface area contributed by atoms with E-state index in [1.54, 1.807) is 0 Å². The van der Waals surface area contributed by atoms with E-state index < -0.39 is 0 Å². The first kappa shape index (κ1) is 144. The molecule has 0 heteroatoms. The number of rotatable bonds is 32. The van der Waals surface area contributed by atoms with Crippen LogP contribution in [0.1, 0.15) is 623 Å². The molecule has 0 aromatic carbocycles. The molecule has 0 radical (unpaired) electrons. The van der Waals surface area contributed by atoms with Crippen molar-refractivity contribution >= 4 is 0 Å². The highest BCUT2D eigenvalue weighted by atomic mass is 14.4. The summed E-state index contributed by atoms with van der Waals surface area (Å²) in [5.74, 6) is 2.54. The van der Waals surface area contributed by atoms with Crippen LogP contribution in [0.5, 0.6) is 0 Å². The Labute approximate surface area is 815 Å². The monoisotopic (exact) mass is 1790 g/mol. The quantitative estimate of drug-likeness (QED) is 0.0465. The van der Waals surface area contributed by atoms with Gasteiger partial charge >= 0.3 is 0 Å². The molecule has 0 fully saturated rings. The van der Waals surface area contributed by atoms with Gasteiger partial charge in [0, 0.05) is 0 Å². The van der Waals surface area contributed by atoms with E-state index in [1.807, 2.05) is 0 Å². The molecule has 0 saturated carbocycles. The predicted molar refractivity (Wildman–Crippen MR) is 603 cm³/mol. The average molecular weight is 1790 g/mol. The number of allylic oxidation sites excluding steroid dienone is 10. The lowest BCUT2D eigenvalue weighted by Gasteiger charge is -2.39. The minimum atomic E-state index is 0.305. The molecular weight excluding hydrogens is 1530 g/mol. The lowest BCUT2D eigenvalue weighted by atomic mass is 9.66. The van der Waals surface area contributed by atoms with Gasteiger partial charge in [0.15, 0.2) is 0 Å². The minimum absolute atomic E-state index is 0.305. The van der Waals surface area contributed by atoms with Gasteiger partial charge in [-0.05, 0) is 265 Å². The second-order valence-corrected chi connectivity index (χ2v) is 64.3. The Morgan fingerprint density at radius 2 is 0.528 bits per heavy atom. The molecule has 0 nitrogen and oxygen atoms in total. The van der Waals surface area contributed by atoms with Crippen LogP contribution in [0.25, 0.3) is 0 Å². The highest BCUT2D eigenvalue weighted by molar-refractivity contribution is 5.02. The van der Waals surface area contributed by atoms with Crippen LogP contribution in [0.2, 0.25) is 0 Å². The molecule has 0 spiro atoms. The minimum Gasteiger partial charge on any atom is -0.0880 e. The fourth-order valence-corrected chi connectivity index (χ4v) is 14.5. The van der Waals surface area contributed by atoms with Crippen molar-refractivity contribution in [3.8, 4) is 0 Å². The molecule has 0 bridgehead atoms. The Kier molecular flexibility index (Phi) is 69.1. The van der Waals surface area contributed by atoms with Crippen LogP contribution in [-0.4, -0.2) is 0 Å². The summed E-state index contributed by atoms with van der Waals surface area (Å²) < 4.78 is 0. The molecule has 0 amide bonds. The number of hydrogen-bond acceptors (Lipinski definition) is 0. The van der Waals surface area contributed by atoms with Crippen LogP contribution in [-0.2, 0) is 0 Å². The topological polar surface area (TPSA) is 0 Å². The molecule has 2 unspecified atom stereocenters. The van der Waals surface area contributed by atoms with Gasteiger partial charge < -0.3 is 0 Å². The zero-order chi connectivity index (χ0) is 104. The van der Waals surface area contributed by atoms with Crippen molar-refractivity contribution in [1.29, 1.82) is 0 Å². The van der Waals surface area contributed by atoms with E-state index in [1.165, 1.54) is 173 Å². The first-order valence-corrected chi connectivity index (χ1v) is 53.5. The lowest BCUT2D eigenvalue weighted by molar-refractivity contribution is 0.114. The van der Waals surface area contributed by atoms with E-state index >= 15 is 0 Å². The smallest absolute Gasteiger partial charge is 0.0174 e. The van der Waals surface area contributed by atoms with Crippen LogP contribution in [0.15, 0.2) is 60.8 Å². The first-order valence-electron chi connectivity index (χ1n) is 53.5. The summed E-state index contributed by atoms with van der Waals surface area (Å²) >= 11 is 0. The van der Waals surface area contributed by atoms with Gasteiger partial charge in [0.05, 0.1) is 0 Å². The number of unbranched alkanes of at least 4 members (excludes halogenated alkanes) is 3. The molecule has 127 heavy (non-hydrogen) atoms. The molecule has 0 aromatic rings. The Hall–Kier alpha value is -1.30. The summed E-state index contributed by atoms with van der Waals surface area (Å²) in [5, 5.41) is 0. The van der Waals surface area contributed by atoms with Gasteiger partial charge in [0.2, 0.25) is 0 Å². The van der Waals surface area contributed by atoms with Gasteiger partial charge in [-0.2, -0.15) is 0 Å². The standard InChI is InChI=1S/C15H32.C15H30.C15H32.C15H30.C15H32.2C15H30.C14H28.C8H18/c2*1-13(2,3)9-11-15(7,8)12-10-14(4,5)6;2*1-13(2,3)10-9-11-15(7,8)12-14(4,5)6;2*1-13(2,3)11-9-10-12-15(7,8)14(4,5)6;1-13(12-15(5,6)7)10-8-9-11-14(2,3)4;1-12(14(5,6)7)10-8-9-11-13(2,3)4;1-4-5-6-7-8(2)3/h9-12H2,1-8H3;9,11H,10,12H2,1-8H3;9-12H2,1-8H3;9-10H,11-12H2,1-8H3;9-12H2,1-8H3;9,11H,10,12H2,1-8H3;9,11,13H,8,10,12H2,1-7H3;9,11-12H,8,10H2,1-7H3;8H,4-7H2,1-3H3/b;11-9+;;10-9+;;3*11-9+;. The Bertz CT molecular complexity index is 2710. The lowest BCUT2D eigenvalue weighted by Crippen LogP contribution is -2.29. The van der Waals surface area contributed by atoms with E-state index in [-0.39, 0.29) is 0 Å². The summed E-state index contributed by atoms with van der Waals surface area (Å²) in [6, 6.07) is 0. The highest BCUT2D eigenvalue weighted by Gasteiger charge is 2.34. The van der Waals surface area contributed by atoms with Gasteiger partial charge in [-0.1, -0.05) is 556 Å². The van der Waals surface area contributed by atoms with E-state index in [9.17, 15) is 0 Å². The molecular formula is C127H262. The van der Waals surface area contributed by atoms with Gasteiger partial charge in [-0.15, -0.1) is 0 Å². The first-order chi connectivity index (χ1) is 55.1. The van der Waals surface area contributed by atoms with Crippen molar-refractivity contribution in [3.05, 3.63) is 60.8 Å². The van der Waals surface area contributed by atoms with E-state index in [0.29, 0.717) is 119 Å². The zero-order valence-electron chi connectivity index (χ0n) is 103. The van der Waals surface area contributed by atoms with E-state index in [2.05, 4.69) is 511 Å². The van der Waals surface area contributed by atoms with Crippen molar-refractivity contribution in [2.75, 3.05) is 0 Å². The largest absolute Gasteiger partial charge is 0.0880 e. The van der Waals surface area contributed by atoms with Crippen molar-refractivity contribution in [1.82, 2.24) is 0 Å². The highest BCUT2D eigenvalue weighted by Crippen LogP contribution is 2.46. The second-order valence-electron chi connectivity index (χ2n) is 64.3. The number of hydrogen-bond donors (Lipinski definition) is 0. The van der Waals surface area contributed by atoms with Crippen LogP contribution < -0.4 is 0 Å². The molecule has 0 N–H and O–H groups in total. The molecule has 0 aliphatic rings. The van der Waals surface area contributed by atoms with Gasteiger partial charge in [-0.3, -0.25) is 0 Å². The Balaban J connectivity index is -0.000000177. The van der Waals surface area contributed by atoms with E-state index in [4.69, 9.17) is 0 Å². The molecule has 0 saturated heterocycles. The third kappa shape index (κ3) is 125. The molecule has 0 aliphatic heterocycles. The normalized spacial score (nSPS) is 14.7. The Morgan fingerprint density at radius 1 is 0.220 bits per heavy atom.